The molecule has 2 aromatic carbocycles. The number of carbonyl (C=O) groups is 2. The van der Waals surface area contributed by atoms with Gasteiger partial charge < -0.3 is 5.32 Å². The highest BCUT2D eigenvalue weighted by Crippen LogP contribution is 2.38. The number of amides is 1. The Morgan fingerprint density at radius 2 is 1.76 bits per heavy atom. The van der Waals surface area contributed by atoms with Crippen LogP contribution in [-0.2, 0) is 4.79 Å². The van der Waals surface area contributed by atoms with Crippen LogP contribution >= 0.6 is 0 Å². The number of nitrogens with one attached hydrogen (secondary N) is 1. The van der Waals surface area contributed by atoms with Crippen LogP contribution in [0.3, 0.4) is 0 Å². The van der Waals surface area contributed by atoms with Crippen molar-refractivity contribution in [2.75, 3.05) is 5.32 Å². The molecule has 1 amide bonds. The number of Topliss-reactive ketones (excluding diaryl/α,β-unsaturated/α-hetero) is 1. The van der Waals surface area contributed by atoms with E-state index in [-0.39, 0.29) is 18.1 Å². The normalized spacial score (nSPS) is 15.8. The third kappa shape index (κ3) is 3.27. The molecule has 1 aliphatic rings. The Hall–Kier alpha value is -3.21. The first-order valence-corrected chi connectivity index (χ1v) is 9.84. The Labute approximate surface area is 170 Å². The fourth-order valence-electron chi connectivity index (χ4n) is 4.08. The molecule has 1 unspecified atom stereocenters. The zero-order chi connectivity index (χ0) is 20.9. The molecule has 0 spiro atoms. The third-order valence-electron chi connectivity index (χ3n) is 5.79. The van der Waals surface area contributed by atoms with Gasteiger partial charge in [0.2, 0.25) is 5.91 Å². The van der Waals surface area contributed by atoms with Gasteiger partial charge in [0.05, 0.1) is 17.3 Å². The van der Waals surface area contributed by atoms with Crippen LogP contribution in [0.1, 0.15) is 56.2 Å². The Kier molecular flexibility index (Phi) is 4.61. The Morgan fingerprint density at radius 3 is 2.45 bits per heavy atom. The number of aromatic nitrogens is 2. The van der Waals surface area contributed by atoms with E-state index >= 15 is 0 Å². The van der Waals surface area contributed by atoms with Gasteiger partial charge in [-0.3, -0.25) is 9.59 Å². The fourth-order valence-corrected chi connectivity index (χ4v) is 4.08. The number of nitrogens with zero attached hydrogens (tertiary/aromatic N) is 2. The average molecular weight is 387 g/mol. The Morgan fingerprint density at radius 1 is 1.00 bits per heavy atom. The molecule has 0 radical (unpaired) electrons. The molecule has 29 heavy (non-hydrogen) atoms. The summed E-state index contributed by atoms with van der Waals surface area (Å²) < 4.78 is 1.76. The molecule has 2 heterocycles. The fraction of sp³-hybridized carbons (Fsp3) is 0.292. The summed E-state index contributed by atoms with van der Waals surface area (Å²) in [5.74, 6) is -0.119. The zero-order valence-corrected chi connectivity index (χ0v) is 17.5. The van der Waals surface area contributed by atoms with E-state index in [1.165, 1.54) is 0 Å². The van der Waals surface area contributed by atoms with Crippen LogP contribution in [0.15, 0.2) is 36.4 Å². The summed E-state index contributed by atoms with van der Waals surface area (Å²) in [6, 6.07) is 11.8. The van der Waals surface area contributed by atoms with Crippen molar-refractivity contribution in [2.24, 2.45) is 0 Å². The van der Waals surface area contributed by atoms with E-state index in [1.54, 1.807) is 4.68 Å². The maximum absolute atomic E-state index is 13.4. The largest absolute Gasteiger partial charge is 0.310 e. The van der Waals surface area contributed by atoms with Crippen LogP contribution in [0.4, 0.5) is 5.82 Å². The lowest BCUT2D eigenvalue weighted by atomic mass is 9.85. The van der Waals surface area contributed by atoms with Gasteiger partial charge in [-0.25, -0.2) is 4.68 Å². The number of carbonyl (C=O) groups excluding carboxylic acids is 2. The van der Waals surface area contributed by atoms with E-state index in [9.17, 15) is 9.59 Å². The van der Waals surface area contributed by atoms with E-state index < -0.39 is 5.92 Å². The summed E-state index contributed by atoms with van der Waals surface area (Å²) >= 11 is 0. The van der Waals surface area contributed by atoms with Crippen LogP contribution in [0.2, 0.25) is 0 Å². The predicted molar refractivity (Wildman–Crippen MR) is 114 cm³/mol. The van der Waals surface area contributed by atoms with Crippen molar-refractivity contribution in [3.63, 3.8) is 0 Å². The van der Waals surface area contributed by atoms with E-state index in [2.05, 4.69) is 11.4 Å². The topological polar surface area (TPSA) is 64.0 Å². The van der Waals surface area contributed by atoms with Crippen LogP contribution in [0.25, 0.3) is 5.69 Å². The number of aryl methyl sites for hydroxylation is 5. The van der Waals surface area contributed by atoms with Crippen molar-refractivity contribution in [2.45, 2.75) is 47.0 Å². The number of fused-ring (bicyclic) bond motifs is 1. The van der Waals surface area contributed by atoms with E-state index in [4.69, 9.17) is 5.10 Å². The minimum absolute atomic E-state index is 0.0347. The minimum atomic E-state index is -0.527. The summed E-state index contributed by atoms with van der Waals surface area (Å²) in [7, 11) is 0. The summed E-state index contributed by atoms with van der Waals surface area (Å²) in [6.07, 6.45) is 0.137. The molecule has 0 fully saturated rings. The Balaban J connectivity index is 1.83. The van der Waals surface area contributed by atoms with Crippen molar-refractivity contribution >= 4 is 17.5 Å². The van der Waals surface area contributed by atoms with E-state index in [0.717, 1.165) is 39.2 Å². The molecule has 1 aliphatic heterocycles. The van der Waals surface area contributed by atoms with Gasteiger partial charge in [0.15, 0.2) is 5.78 Å². The highest BCUT2D eigenvalue weighted by molar-refractivity contribution is 6.08. The Bertz CT molecular complexity index is 1160. The molecule has 0 aliphatic carbocycles. The third-order valence-corrected chi connectivity index (χ3v) is 5.79. The first-order valence-electron chi connectivity index (χ1n) is 9.84. The number of benzene rings is 2. The summed E-state index contributed by atoms with van der Waals surface area (Å²) in [4.78, 5) is 25.9. The number of ketones is 1. The molecule has 0 saturated heterocycles. The van der Waals surface area contributed by atoms with Gasteiger partial charge in [-0.2, -0.15) is 5.10 Å². The number of anilines is 1. The van der Waals surface area contributed by atoms with Gasteiger partial charge in [0, 0.05) is 17.5 Å². The molecule has 3 aromatic rings. The summed E-state index contributed by atoms with van der Waals surface area (Å²) in [6.45, 7) is 9.98. The van der Waals surface area contributed by atoms with Gasteiger partial charge in [-0.15, -0.1) is 0 Å². The summed E-state index contributed by atoms with van der Waals surface area (Å²) in [5, 5.41) is 7.65. The lowest BCUT2D eigenvalue weighted by Crippen LogP contribution is -2.28. The standard InChI is InChI=1S/C24H25N3O2/c1-13-6-9-20(16(4)10-13)27-24-22(17(5)26-27)19(12-21(28)25-24)23(29)18-8-7-14(2)15(3)11-18/h6-11,19H,12H2,1-5H3,(H,25,28). The summed E-state index contributed by atoms with van der Waals surface area (Å²) in [5.41, 5.74) is 7.55. The SMILES string of the molecule is Cc1ccc(-n2nc(C)c3c2NC(=O)CC3C(=O)c2ccc(C)c(C)c2)c(C)c1. The van der Waals surface area contributed by atoms with Gasteiger partial charge >= 0.3 is 0 Å². The average Bonchev–Trinajstić information content (AvgIpc) is 2.99. The second-order valence-electron chi connectivity index (χ2n) is 8.02. The maximum Gasteiger partial charge on any atom is 0.226 e. The van der Waals surface area contributed by atoms with Crippen molar-refractivity contribution in [3.8, 4) is 5.69 Å². The molecule has 5 heteroatoms. The molecule has 1 N–H and O–H groups in total. The van der Waals surface area contributed by atoms with Crippen LogP contribution in [0, 0.1) is 34.6 Å². The molecule has 1 aromatic heterocycles. The predicted octanol–water partition coefficient (Wildman–Crippen LogP) is 4.72. The lowest BCUT2D eigenvalue weighted by Gasteiger charge is -2.23. The molecule has 148 valence electrons. The minimum Gasteiger partial charge on any atom is -0.310 e. The molecule has 1 atom stereocenters. The quantitative estimate of drug-likeness (QED) is 0.661. The number of rotatable bonds is 3. The molecular formula is C24H25N3O2. The smallest absolute Gasteiger partial charge is 0.226 e. The van der Waals surface area contributed by atoms with Gasteiger partial charge in [0.1, 0.15) is 5.82 Å². The van der Waals surface area contributed by atoms with Crippen molar-refractivity contribution in [1.29, 1.82) is 0 Å². The van der Waals surface area contributed by atoms with Gasteiger partial charge in [-0.05, 0) is 63.4 Å². The van der Waals surface area contributed by atoms with E-state index in [1.807, 2.05) is 65.0 Å². The van der Waals surface area contributed by atoms with Crippen molar-refractivity contribution < 1.29 is 9.59 Å². The number of hydrogen-bond donors (Lipinski definition) is 1. The molecule has 4 rings (SSSR count). The maximum atomic E-state index is 13.4. The second kappa shape index (κ2) is 6.99. The van der Waals surface area contributed by atoms with Crippen LogP contribution in [0.5, 0.6) is 0 Å². The van der Waals surface area contributed by atoms with Crippen molar-refractivity contribution in [1.82, 2.24) is 9.78 Å². The van der Waals surface area contributed by atoms with Gasteiger partial charge in [0.25, 0.3) is 0 Å². The number of hydrogen-bond acceptors (Lipinski definition) is 3. The second-order valence-corrected chi connectivity index (χ2v) is 8.02. The molecule has 0 saturated carbocycles. The molecule has 5 nitrogen and oxygen atoms in total. The first-order chi connectivity index (χ1) is 13.8. The van der Waals surface area contributed by atoms with E-state index in [0.29, 0.717) is 11.4 Å². The highest BCUT2D eigenvalue weighted by Gasteiger charge is 2.36. The van der Waals surface area contributed by atoms with Gasteiger partial charge in [-0.1, -0.05) is 29.8 Å². The molecular weight excluding hydrogens is 362 g/mol. The van der Waals surface area contributed by atoms with Crippen molar-refractivity contribution in [3.05, 3.63) is 75.5 Å². The van der Waals surface area contributed by atoms with Crippen LogP contribution in [-0.4, -0.2) is 21.5 Å². The molecule has 0 bridgehead atoms. The van der Waals surface area contributed by atoms with Crippen LogP contribution < -0.4 is 5.32 Å². The lowest BCUT2D eigenvalue weighted by molar-refractivity contribution is -0.116. The zero-order valence-electron chi connectivity index (χ0n) is 17.5. The first kappa shape index (κ1) is 19.1. The highest BCUT2D eigenvalue weighted by atomic mass is 16.2. The monoisotopic (exact) mass is 387 g/mol.